The first-order chi connectivity index (χ1) is 10.8. The molecule has 3 rings (SSSR count). The lowest BCUT2D eigenvalue weighted by molar-refractivity contribution is -0.139. The van der Waals surface area contributed by atoms with Gasteiger partial charge in [0.05, 0.1) is 10.5 Å². The molecule has 0 amide bonds. The van der Waals surface area contributed by atoms with E-state index in [9.17, 15) is 21.6 Å². The summed E-state index contributed by atoms with van der Waals surface area (Å²) in [6.07, 6.45) is -2.43. The zero-order valence-electron chi connectivity index (χ0n) is 14.0. The van der Waals surface area contributed by atoms with Crippen LogP contribution in [0.5, 0.6) is 0 Å². The van der Waals surface area contributed by atoms with E-state index in [1.807, 2.05) is 6.92 Å². The molecule has 1 saturated heterocycles. The highest BCUT2D eigenvalue weighted by Crippen LogP contribution is 2.54. The molecule has 3 nitrogen and oxygen atoms in total. The van der Waals surface area contributed by atoms with E-state index in [1.54, 1.807) is 0 Å². The van der Waals surface area contributed by atoms with Crippen molar-refractivity contribution in [2.45, 2.75) is 57.1 Å². The minimum absolute atomic E-state index is 0.00845. The second-order valence-electron chi connectivity index (χ2n) is 8.26. The molecular formula is C17H22F3NO2S. The van der Waals surface area contributed by atoms with Gasteiger partial charge in [0.2, 0.25) is 10.0 Å². The summed E-state index contributed by atoms with van der Waals surface area (Å²) in [5.41, 5.74) is -1.27. The van der Waals surface area contributed by atoms with E-state index in [1.165, 1.54) is 16.4 Å². The number of alkyl halides is 3. The van der Waals surface area contributed by atoms with Crippen molar-refractivity contribution in [2.24, 2.45) is 10.8 Å². The van der Waals surface area contributed by atoms with Crippen LogP contribution in [0, 0.1) is 10.8 Å². The van der Waals surface area contributed by atoms with Crippen LogP contribution in [0.15, 0.2) is 29.2 Å². The topological polar surface area (TPSA) is 37.4 Å². The molecule has 0 unspecified atom stereocenters. The summed E-state index contributed by atoms with van der Waals surface area (Å²) in [5.74, 6) is 0. The Bertz CT molecular complexity index is 757. The van der Waals surface area contributed by atoms with Crippen molar-refractivity contribution in [3.05, 3.63) is 29.8 Å². The number of hydrogen-bond acceptors (Lipinski definition) is 2. The zero-order valence-corrected chi connectivity index (χ0v) is 14.8. The van der Waals surface area contributed by atoms with Crippen LogP contribution >= 0.6 is 0 Å². The molecule has 2 atom stereocenters. The lowest BCUT2D eigenvalue weighted by Crippen LogP contribution is -2.38. The number of nitrogens with zero attached hydrogens (tertiary/aromatic N) is 1. The molecule has 7 heteroatoms. The second-order valence-corrected chi connectivity index (χ2v) is 10.1. The van der Waals surface area contributed by atoms with Gasteiger partial charge < -0.3 is 0 Å². The highest BCUT2D eigenvalue weighted by molar-refractivity contribution is 7.89. The summed E-state index contributed by atoms with van der Waals surface area (Å²) in [4.78, 5) is -0.633. The molecule has 0 aromatic heterocycles. The van der Waals surface area contributed by atoms with Crippen LogP contribution < -0.4 is 0 Å². The third kappa shape index (κ3) is 2.96. The van der Waals surface area contributed by atoms with Gasteiger partial charge in [-0.3, -0.25) is 0 Å². The van der Waals surface area contributed by atoms with Gasteiger partial charge in [0, 0.05) is 12.6 Å². The standard InChI is InChI=1S/C17H22F3NO2S/c1-15(2)8-12-9-16(3,10-15)11-21(12)24(22,23)14-7-5-4-6-13(14)17(18,19)20/h4-7,12H,8-11H2,1-3H3/t12-,16+/m1/s1. The van der Waals surface area contributed by atoms with Crippen molar-refractivity contribution in [3.8, 4) is 0 Å². The van der Waals surface area contributed by atoms with Crippen molar-refractivity contribution in [1.82, 2.24) is 4.31 Å². The van der Waals surface area contributed by atoms with E-state index in [4.69, 9.17) is 0 Å². The molecule has 0 N–H and O–H groups in total. The Balaban J connectivity index is 2.05. The minimum Gasteiger partial charge on any atom is -0.207 e. The Morgan fingerprint density at radius 2 is 1.75 bits per heavy atom. The Kier molecular flexibility index (Phi) is 3.85. The number of hydrogen-bond donors (Lipinski definition) is 0. The maximum Gasteiger partial charge on any atom is 0.417 e. The maximum atomic E-state index is 13.2. The molecule has 0 spiro atoms. The Morgan fingerprint density at radius 3 is 2.38 bits per heavy atom. The van der Waals surface area contributed by atoms with Gasteiger partial charge in [-0.15, -0.1) is 0 Å². The van der Waals surface area contributed by atoms with Crippen LogP contribution in [0.2, 0.25) is 0 Å². The predicted molar refractivity (Wildman–Crippen MR) is 84.9 cm³/mol. The quantitative estimate of drug-likeness (QED) is 0.788. The zero-order chi connectivity index (χ0) is 18.0. The normalized spacial score (nSPS) is 30.5. The summed E-state index contributed by atoms with van der Waals surface area (Å²) < 4.78 is 67.1. The van der Waals surface area contributed by atoms with Crippen molar-refractivity contribution in [1.29, 1.82) is 0 Å². The fourth-order valence-electron chi connectivity index (χ4n) is 4.74. The Hall–Kier alpha value is -1.08. The van der Waals surface area contributed by atoms with Crippen LogP contribution in [0.25, 0.3) is 0 Å². The Morgan fingerprint density at radius 1 is 1.12 bits per heavy atom. The molecule has 24 heavy (non-hydrogen) atoms. The van der Waals surface area contributed by atoms with E-state index in [2.05, 4.69) is 13.8 Å². The average Bonchev–Trinajstić information content (AvgIpc) is 2.67. The first-order valence-electron chi connectivity index (χ1n) is 8.02. The van der Waals surface area contributed by atoms with Crippen molar-refractivity contribution in [3.63, 3.8) is 0 Å². The molecule has 1 aromatic carbocycles. The van der Waals surface area contributed by atoms with Crippen LogP contribution in [0.1, 0.15) is 45.6 Å². The Labute approximate surface area is 140 Å². The molecule has 1 aliphatic carbocycles. The minimum atomic E-state index is -4.69. The molecule has 2 bridgehead atoms. The molecule has 134 valence electrons. The number of sulfonamides is 1. The van der Waals surface area contributed by atoms with Crippen molar-refractivity contribution >= 4 is 10.0 Å². The molecule has 1 aliphatic heterocycles. The largest absolute Gasteiger partial charge is 0.417 e. The van der Waals surface area contributed by atoms with Gasteiger partial charge in [-0.1, -0.05) is 32.9 Å². The van der Waals surface area contributed by atoms with E-state index in [0.29, 0.717) is 12.8 Å². The van der Waals surface area contributed by atoms with Crippen LogP contribution in [-0.4, -0.2) is 25.3 Å². The third-order valence-electron chi connectivity index (χ3n) is 5.15. The molecule has 2 fully saturated rings. The van der Waals surface area contributed by atoms with Gasteiger partial charge in [-0.2, -0.15) is 17.5 Å². The summed E-state index contributed by atoms with van der Waals surface area (Å²) in [6.45, 7) is 6.51. The van der Waals surface area contributed by atoms with Crippen LogP contribution in [-0.2, 0) is 16.2 Å². The average molecular weight is 361 g/mol. The highest BCUT2D eigenvalue weighted by Gasteiger charge is 2.54. The molecule has 1 heterocycles. The summed E-state index contributed by atoms with van der Waals surface area (Å²) >= 11 is 0. The number of benzene rings is 1. The highest BCUT2D eigenvalue weighted by atomic mass is 32.2. The van der Waals surface area contributed by atoms with Gasteiger partial charge in [0.1, 0.15) is 0 Å². The van der Waals surface area contributed by atoms with E-state index >= 15 is 0 Å². The third-order valence-corrected chi connectivity index (χ3v) is 7.10. The number of rotatable bonds is 2. The van der Waals surface area contributed by atoms with Gasteiger partial charge in [0.15, 0.2) is 0 Å². The molecule has 1 aromatic rings. The monoisotopic (exact) mass is 361 g/mol. The fourth-order valence-corrected chi connectivity index (χ4v) is 6.73. The van der Waals surface area contributed by atoms with E-state index < -0.39 is 26.7 Å². The number of halogens is 3. The van der Waals surface area contributed by atoms with E-state index in [0.717, 1.165) is 18.6 Å². The van der Waals surface area contributed by atoms with Crippen molar-refractivity contribution in [2.75, 3.05) is 6.54 Å². The summed E-state index contributed by atoms with van der Waals surface area (Å²) in [6, 6.07) is 4.23. The second kappa shape index (κ2) is 5.21. The first kappa shape index (κ1) is 17.7. The molecule has 2 aliphatic rings. The smallest absolute Gasteiger partial charge is 0.207 e. The van der Waals surface area contributed by atoms with Gasteiger partial charge >= 0.3 is 6.18 Å². The molecular weight excluding hydrogens is 339 g/mol. The summed E-state index contributed by atoms with van der Waals surface area (Å²) in [7, 11) is -4.18. The first-order valence-corrected chi connectivity index (χ1v) is 9.46. The predicted octanol–water partition coefficient (Wildman–Crippen LogP) is 4.29. The molecule has 0 radical (unpaired) electrons. The number of fused-ring (bicyclic) bond motifs is 2. The van der Waals surface area contributed by atoms with Crippen LogP contribution in [0.3, 0.4) is 0 Å². The fraction of sp³-hybridized carbons (Fsp3) is 0.647. The van der Waals surface area contributed by atoms with E-state index in [-0.39, 0.29) is 23.4 Å². The van der Waals surface area contributed by atoms with Gasteiger partial charge in [0.25, 0.3) is 0 Å². The lowest BCUT2D eigenvalue weighted by atomic mass is 9.65. The molecule has 1 saturated carbocycles. The SMILES string of the molecule is CC1(C)C[C@@H]2C[C@](C)(CN2S(=O)(=O)c2ccccc2C(F)(F)F)C1. The van der Waals surface area contributed by atoms with Crippen molar-refractivity contribution < 1.29 is 21.6 Å². The maximum absolute atomic E-state index is 13.2. The summed E-state index contributed by atoms with van der Waals surface area (Å²) in [5, 5.41) is 0. The lowest BCUT2D eigenvalue weighted by Gasteiger charge is -2.39. The van der Waals surface area contributed by atoms with Gasteiger partial charge in [-0.05, 0) is 42.2 Å². The van der Waals surface area contributed by atoms with Gasteiger partial charge in [-0.25, -0.2) is 8.42 Å². The van der Waals surface area contributed by atoms with Crippen LogP contribution in [0.4, 0.5) is 13.2 Å².